The number of nitrogens with zero attached hydrogens (tertiary/aromatic N) is 2. The van der Waals surface area contributed by atoms with Crippen LogP contribution in [0.2, 0.25) is 5.15 Å². The second-order valence-corrected chi connectivity index (χ2v) is 3.54. The molecule has 0 saturated heterocycles. The Labute approximate surface area is 105 Å². The molecule has 0 spiro atoms. The van der Waals surface area contributed by atoms with E-state index in [2.05, 4.69) is 9.72 Å². The van der Waals surface area contributed by atoms with Gasteiger partial charge in [-0.15, -0.1) is 0 Å². The van der Waals surface area contributed by atoms with Crippen LogP contribution in [-0.2, 0) is 16.0 Å². The van der Waals surface area contributed by atoms with Gasteiger partial charge in [0.1, 0.15) is 5.15 Å². The van der Waals surface area contributed by atoms with Crippen molar-refractivity contribution in [2.24, 2.45) is 0 Å². The van der Waals surface area contributed by atoms with E-state index in [1.165, 1.54) is 0 Å². The Kier molecular flexibility index (Phi) is 4.49. The smallest absolute Gasteiger partial charge is 0.310 e. The van der Waals surface area contributed by atoms with Gasteiger partial charge >= 0.3 is 11.7 Å². The molecule has 0 atom stereocenters. The second-order valence-electron chi connectivity index (χ2n) is 3.15. The van der Waals surface area contributed by atoms with Gasteiger partial charge in [0.25, 0.3) is 6.43 Å². The van der Waals surface area contributed by atoms with Gasteiger partial charge in [-0.1, -0.05) is 11.6 Å². The molecule has 0 N–H and O–H groups in total. The summed E-state index contributed by atoms with van der Waals surface area (Å²) < 4.78 is 29.6. The van der Waals surface area contributed by atoms with Crippen molar-refractivity contribution in [2.75, 3.05) is 7.11 Å². The number of pyridine rings is 1. The number of ether oxygens (including phenoxy) is 1. The predicted molar refractivity (Wildman–Crippen MR) is 56.6 cm³/mol. The SMILES string of the molecule is COC(=O)Cc1cc(Cl)nc(C(F)F)c1[N+](=O)[O-]. The first kappa shape index (κ1) is 14.2. The van der Waals surface area contributed by atoms with Crippen LogP contribution < -0.4 is 0 Å². The number of rotatable bonds is 4. The summed E-state index contributed by atoms with van der Waals surface area (Å²) in [5.74, 6) is -0.805. The van der Waals surface area contributed by atoms with Crippen LogP contribution in [0, 0.1) is 10.1 Å². The monoisotopic (exact) mass is 280 g/mol. The molecule has 9 heteroatoms. The number of nitro groups is 1. The lowest BCUT2D eigenvalue weighted by molar-refractivity contribution is -0.387. The molecule has 6 nitrogen and oxygen atoms in total. The first-order valence-corrected chi connectivity index (χ1v) is 4.93. The van der Waals surface area contributed by atoms with E-state index >= 15 is 0 Å². The largest absolute Gasteiger partial charge is 0.469 e. The molecule has 1 rings (SSSR count). The molecule has 1 aromatic rings. The van der Waals surface area contributed by atoms with Gasteiger partial charge in [-0.2, -0.15) is 0 Å². The third-order valence-electron chi connectivity index (χ3n) is 2.02. The highest BCUT2D eigenvalue weighted by atomic mass is 35.5. The lowest BCUT2D eigenvalue weighted by atomic mass is 10.1. The van der Waals surface area contributed by atoms with E-state index in [1.807, 2.05) is 0 Å². The predicted octanol–water partition coefficient (Wildman–Crippen LogP) is 2.30. The van der Waals surface area contributed by atoms with Crippen LogP contribution in [0.4, 0.5) is 14.5 Å². The highest BCUT2D eigenvalue weighted by Gasteiger charge is 2.29. The molecule has 0 aliphatic carbocycles. The number of methoxy groups -OCH3 is 1. The van der Waals surface area contributed by atoms with Gasteiger partial charge in [0.2, 0.25) is 0 Å². The molecule has 0 amide bonds. The van der Waals surface area contributed by atoms with Crippen molar-refractivity contribution in [2.45, 2.75) is 12.8 Å². The highest BCUT2D eigenvalue weighted by Crippen LogP contribution is 2.32. The minimum absolute atomic E-state index is 0.262. The summed E-state index contributed by atoms with van der Waals surface area (Å²) >= 11 is 5.48. The molecule has 0 aromatic carbocycles. The Bertz CT molecular complexity index is 496. The molecular formula is C9H7ClF2N2O4. The quantitative estimate of drug-likeness (QED) is 0.366. The zero-order valence-corrected chi connectivity index (χ0v) is 9.78. The van der Waals surface area contributed by atoms with Crippen LogP contribution in [0.15, 0.2) is 6.07 Å². The third-order valence-corrected chi connectivity index (χ3v) is 2.21. The van der Waals surface area contributed by atoms with E-state index in [0.29, 0.717) is 0 Å². The molecule has 0 bridgehead atoms. The molecule has 0 fully saturated rings. The molecule has 1 heterocycles. The van der Waals surface area contributed by atoms with E-state index < -0.39 is 35.1 Å². The van der Waals surface area contributed by atoms with E-state index in [4.69, 9.17) is 11.6 Å². The van der Waals surface area contributed by atoms with Gasteiger partial charge in [0, 0.05) is 5.56 Å². The van der Waals surface area contributed by atoms with Crippen LogP contribution in [0.1, 0.15) is 17.7 Å². The molecule has 0 aliphatic heterocycles. The summed E-state index contributed by atoms with van der Waals surface area (Å²) in [6.07, 6.45) is -3.70. The zero-order chi connectivity index (χ0) is 13.9. The van der Waals surface area contributed by atoms with Crippen LogP contribution in [0.3, 0.4) is 0 Å². The van der Waals surface area contributed by atoms with Gasteiger partial charge in [-0.3, -0.25) is 14.9 Å². The van der Waals surface area contributed by atoms with Gasteiger partial charge in [0.05, 0.1) is 18.5 Å². The molecule has 0 saturated carbocycles. The normalized spacial score (nSPS) is 10.5. The Balaban J connectivity index is 3.38. The number of halogens is 3. The number of carbonyl (C=O) groups excluding carboxylic acids is 1. The summed E-state index contributed by atoms with van der Waals surface area (Å²) in [6.45, 7) is 0. The van der Waals surface area contributed by atoms with E-state index in [9.17, 15) is 23.7 Å². The maximum atomic E-state index is 12.6. The van der Waals surface area contributed by atoms with Crippen molar-refractivity contribution < 1.29 is 23.2 Å². The minimum Gasteiger partial charge on any atom is -0.469 e. The fraction of sp³-hybridized carbons (Fsp3) is 0.333. The number of esters is 1. The van der Waals surface area contributed by atoms with Crippen LogP contribution in [0.25, 0.3) is 0 Å². The van der Waals surface area contributed by atoms with Gasteiger partial charge in [-0.05, 0) is 6.07 Å². The first-order valence-electron chi connectivity index (χ1n) is 4.55. The fourth-order valence-corrected chi connectivity index (χ4v) is 1.53. The Morgan fingerprint density at radius 1 is 1.67 bits per heavy atom. The molecule has 98 valence electrons. The number of hydrogen-bond donors (Lipinski definition) is 0. The maximum absolute atomic E-state index is 12.6. The van der Waals surface area contributed by atoms with Gasteiger partial charge in [0.15, 0.2) is 5.69 Å². The summed E-state index contributed by atoms with van der Waals surface area (Å²) in [7, 11) is 1.07. The van der Waals surface area contributed by atoms with Crippen molar-refractivity contribution >= 4 is 23.3 Å². The Hall–Kier alpha value is -1.83. The van der Waals surface area contributed by atoms with Crippen LogP contribution in [0.5, 0.6) is 0 Å². The third kappa shape index (κ3) is 3.10. The zero-order valence-electron chi connectivity index (χ0n) is 9.02. The van der Waals surface area contributed by atoms with E-state index in [1.54, 1.807) is 0 Å². The highest BCUT2D eigenvalue weighted by molar-refractivity contribution is 6.29. The van der Waals surface area contributed by atoms with Crippen molar-refractivity contribution in [3.05, 3.63) is 32.6 Å². The average molecular weight is 281 g/mol. The Morgan fingerprint density at radius 3 is 2.72 bits per heavy atom. The number of carbonyl (C=O) groups is 1. The number of hydrogen-bond acceptors (Lipinski definition) is 5. The summed E-state index contributed by atoms with van der Waals surface area (Å²) in [4.78, 5) is 24.0. The topological polar surface area (TPSA) is 82.3 Å². The van der Waals surface area contributed by atoms with Gasteiger partial charge in [-0.25, -0.2) is 13.8 Å². The molecule has 0 aliphatic rings. The van der Waals surface area contributed by atoms with Crippen molar-refractivity contribution in [3.63, 3.8) is 0 Å². The van der Waals surface area contributed by atoms with Crippen molar-refractivity contribution in [1.82, 2.24) is 4.98 Å². The standard InChI is InChI=1S/C9H7ClF2N2O4/c1-18-6(15)3-4-2-5(10)13-7(9(11)12)8(4)14(16)17/h2,9H,3H2,1H3. The first-order chi connectivity index (χ1) is 8.36. The molecular weight excluding hydrogens is 274 g/mol. The second kappa shape index (κ2) is 5.67. The maximum Gasteiger partial charge on any atom is 0.310 e. The average Bonchev–Trinajstić information content (AvgIpc) is 2.27. The van der Waals surface area contributed by atoms with Crippen molar-refractivity contribution in [3.8, 4) is 0 Å². The molecule has 1 aromatic heterocycles. The van der Waals surface area contributed by atoms with E-state index in [-0.39, 0.29) is 10.7 Å². The summed E-state index contributed by atoms with van der Waals surface area (Å²) in [6, 6.07) is 0.989. The van der Waals surface area contributed by atoms with Gasteiger partial charge < -0.3 is 4.74 Å². The summed E-state index contributed by atoms with van der Waals surface area (Å²) in [5, 5.41) is 10.4. The van der Waals surface area contributed by atoms with E-state index in [0.717, 1.165) is 13.2 Å². The number of aromatic nitrogens is 1. The lowest BCUT2D eigenvalue weighted by Gasteiger charge is -2.06. The fourth-order valence-electron chi connectivity index (χ4n) is 1.30. The minimum atomic E-state index is -3.17. The molecule has 0 radical (unpaired) electrons. The summed E-state index contributed by atoms with van der Waals surface area (Å²) in [5.41, 5.74) is -2.24. The number of alkyl halides is 2. The van der Waals surface area contributed by atoms with Crippen LogP contribution in [-0.4, -0.2) is 23.0 Å². The molecule has 18 heavy (non-hydrogen) atoms. The van der Waals surface area contributed by atoms with Crippen molar-refractivity contribution in [1.29, 1.82) is 0 Å². The van der Waals surface area contributed by atoms with Crippen LogP contribution >= 0.6 is 11.6 Å². The lowest BCUT2D eigenvalue weighted by Crippen LogP contribution is -2.10. The Morgan fingerprint density at radius 2 is 2.28 bits per heavy atom. The molecule has 0 unspecified atom stereocenters.